The first-order valence-electron chi connectivity index (χ1n) is 27.9. The Morgan fingerprint density at radius 2 is 0.606 bits per heavy atom. The van der Waals surface area contributed by atoms with E-state index in [1.807, 2.05) is 0 Å². The van der Waals surface area contributed by atoms with Crippen LogP contribution in [0.4, 0.5) is 0 Å². The lowest BCUT2D eigenvalue weighted by atomic mass is 10.0. The zero-order valence-electron chi connectivity index (χ0n) is 43.4. The van der Waals surface area contributed by atoms with Crippen LogP contribution in [0.5, 0.6) is 0 Å². The molecule has 0 saturated heterocycles. The van der Waals surface area contributed by atoms with Crippen molar-refractivity contribution in [1.29, 1.82) is 0 Å². The molecule has 1 atom stereocenters. The van der Waals surface area contributed by atoms with Crippen LogP contribution in [0.1, 0.15) is 271 Å². The first-order valence-corrected chi connectivity index (χ1v) is 27.9. The highest BCUT2D eigenvalue weighted by atomic mass is 16.6. The Morgan fingerprint density at radius 3 is 0.985 bits per heavy atom. The van der Waals surface area contributed by atoms with Crippen LogP contribution in [-0.4, -0.2) is 37.2 Å². The van der Waals surface area contributed by atoms with E-state index in [-0.39, 0.29) is 37.5 Å². The molecule has 0 spiro atoms. The summed E-state index contributed by atoms with van der Waals surface area (Å²) in [6.07, 6.45) is 69.2. The van der Waals surface area contributed by atoms with Gasteiger partial charge in [-0.2, -0.15) is 0 Å². The van der Waals surface area contributed by atoms with Gasteiger partial charge >= 0.3 is 17.9 Å². The van der Waals surface area contributed by atoms with Crippen LogP contribution in [0, 0.1) is 0 Å². The summed E-state index contributed by atoms with van der Waals surface area (Å²) < 4.78 is 16.7. The van der Waals surface area contributed by atoms with Crippen LogP contribution in [0.3, 0.4) is 0 Å². The third-order valence-corrected chi connectivity index (χ3v) is 11.9. The molecule has 0 saturated carbocycles. The maximum atomic E-state index is 12.8. The van der Waals surface area contributed by atoms with Gasteiger partial charge in [0, 0.05) is 19.3 Å². The summed E-state index contributed by atoms with van der Waals surface area (Å²) in [7, 11) is 0. The lowest BCUT2D eigenvalue weighted by molar-refractivity contribution is -0.167. The summed E-state index contributed by atoms with van der Waals surface area (Å²) in [6.45, 7) is 6.46. The summed E-state index contributed by atoms with van der Waals surface area (Å²) in [4.78, 5) is 37.9. The number of ether oxygens (including phenoxy) is 3. The van der Waals surface area contributed by atoms with Crippen molar-refractivity contribution in [2.24, 2.45) is 0 Å². The Kier molecular flexibility index (Phi) is 51.9. The average molecular weight is 921 g/mol. The van der Waals surface area contributed by atoms with Crippen molar-refractivity contribution in [2.75, 3.05) is 13.2 Å². The van der Waals surface area contributed by atoms with Crippen LogP contribution >= 0.6 is 0 Å². The van der Waals surface area contributed by atoms with Crippen LogP contribution in [0.25, 0.3) is 0 Å². The number of esters is 3. The molecule has 0 aromatic rings. The predicted octanol–water partition coefficient (Wildman–Crippen LogP) is 18.6. The molecule has 0 bridgehead atoms. The molecule has 0 radical (unpaired) electrons. The predicted molar refractivity (Wildman–Crippen MR) is 284 cm³/mol. The van der Waals surface area contributed by atoms with Gasteiger partial charge in [-0.3, -0.25) is 14.4 Å². The van der Waals surface area contributed by atoms with Gasteiger partial charge in [0.15, 0.2) is 6.10 Å². The van der Waals surface area contributed by atoms with Gasteiger partial charge in [-0.25, -0.2) is 0 Å². The fourth-order valence-electron chi connectivity index (χ4n) is 7.77. The summed E-state index contributed by atoms with van der Waals surface area (Å²) in [5.41, 5.74) is 0. The molecule has 6 heteroatoms. The quantitative estimate of drug-likeness (QED) is 0.0262. The second-order valence-electron chi connectivity index (χ2n) is 18.5. The summed E-state index contributed by atoms with van der Waals surface area (Å²) in [5, 5.41) is 0. The summed E-state index contributed by atoms with van der Waals surface area (Å²) in [6, 6.07) is 0. The second kappa shape index (κ2) is 54.5. The van der Waals surface area contributed by atoms with Crippen molar-refractivity contribution < 1.29 is 28.6 Å². The molecule has 0 rings (SSSR count). The topological polar surface area (TPSA) is 78.9 Å². The van der Waals surface area contributed by atoms with Crippen molar-refractivity contribution >= 4 is 17.9 Å². The number of allylic oxidation sites excluding steroid dienone is 12. The Bertz CT molecular complexity index is 1240. The minimum Gasteiger partial charge on any atom is -0.462 e. The van der Waals surface area contributed by atoms with Crippen molar-refractivity contribution in [3.63, 3.8) is 0 Å². The van der Waals surface area contributed by atoms with E-state index in [0.717, 1.165) is 77.0 Å². The van der Waals surface area contributed by atoms with E-state index in [2.05, 4.69) is 93.7 Å². The molecule has 0 aliphatic heterocycles. The molecule has 0 aromatic carbocycles. The molecule has 0 amide bonds. The van der Waals surface area contributed by atoms with E-state index < -0.39 is 6.10 Å². The normalized spacial score (nSPS) is 12.6. The molecule has 0 fully saturated rings. The Hall–Kier alpha value is -3.15. The lowest BCUT2D eigenvalue weighted by Crippen LogP contribution is -2.30. The third kappa shape index (κ3) is 51.8. The Labute approximate surface area is 408 Å². The molecular weight excluding hydrogens is 817 g/mol. The summed E-state index contributed by atoms with van der Waals surface area (Å²) >= 11 is 0. The van der Waals surface area contributed by atoms with Crippen LogP contribution in [0.15, 0.2) is 72.9 Å². The molecule has 66 heavy (non-hydrogen) atoms. The minimum absolute atomic E-state index is 0.0968. The maximum Gasteiger partial charge on any atom is 0.306 e. The standard InChI is InChI=1S/C60H104O6/c1-4-7-10-13-16-19-21-23-25-27-28-29-30-31-32-34-35-37-39-41-44-47-50-53-59(62)65-56-57(55-64-58(61)52-49-46-43-18-15-12-9-6-3)66-60(63)54-51-48-45-42-40-38-36-33-26-24-22-20-17-14-11-8-5-2/h8,11,17,20,24,26-28,36,38,42,45,57H,4-7,9-10,12-16,18-19,21-23,25,29-35,37,39-41,43-44,46-56H2,1-3H3/b11-8-,20-17-,26-24-,28-27-,38-36-,45-42-. The molecule has 0 aromatic heterocycles. The van der Waals surface area contributed by atoms with E-state index in [1.165, 1.54) is 148 Å². The van der Waals surface area contributed by atoms with Gasteiger partial charge in [-0.1, -0.05) is 241 Å². The van der Waals surface area contributed by atoms with E-state index in [0.29, 0.717) is 19.3 Å². The molecule has 0 aliphatic carbocycles. The number of carbonyl (C=O) groups excluding carboxylic acids is 3. The molecule has 0 aliphatic rings. The van der Waals surface area contributed by atoms with Crippen LogP contribution in [-0.2, 0) is 28.6 Å². The Morgan fingerprint density at radius 1 is 0.318 bits per heavy atom. The number of rotatable bonds is 50. The smallest absolute Gasteiger partial charge is 0.306 e. The average Bonchev–Trinajstić information content (AvgIpc) is 3.31. The lowest BCUT2D eigenvalue weighted by Gasteiger charge is -2.18. The van der Waals surface area contributed by atoms with Crippen molar-refractivity contribution in [3.05, 3.63) is 72.9 Å². The van der Waals surface area contributed by atoms with Gasteiger partial charge in [0.2, 0.25) is 0 Å². The largest absolute Gasteiger partial charge is 0.462 e. The fourth-order valence-corrected chi connectivity index (χ4v) is 7.77. The third-order valence-electron chi connectivity index (χ3n) is 11.9. The first kappa shape index (κ1) is 62.8. The van der Waals surface area contributed by atoms with Crippen molar-refractivity contribution in [2.45, 2.75) is 277 Å². The highest BCUT2D eigenvalue weighted by Gasteiger charge is 2.19. The van der Waals surface area contributed by atoms with Crippen molar-refractivity contribution in [3.8, 4) is 0 Å². The summed E-state index contributed by atoms with van der Waals surface area (Å²) in [5.74, 6) is -0.956. The minimum atomic E-state index is -0.802. The molecule has 0 heterocycles. The SMILES string of the molecule is CC/C=C\C/C=C\C/C=C\C/C=C\C/C=C\CCCC(=O)OC(COC(=O)CCCCCCCCCC)COC(=O)CCCCCCCCCCCCC/C=C\CCCCCCCCCC. The van der Waals surface area contributed by atoms with E-state index >= 15 is 0 Å². The van der Waals surface area contributed by atoms with Gasteiger partial charge in [0.1, 0.15) is 13.2 Å². The van der Waals surface area contributed by atoms with Gasteiger partial charge in [-0.15, -0.1) is 0 Å². The number of hydrogen-bond acceptors (Lipinski definition) is 6. The van der Waals surface area contributed by atoms with Crippen LogP contribution < -0.4 is 0 Å². The highest BCUT2D eigenvalue weighted by Crippen LogP contribution is 2.15. The molecule has 0 N–H and O–H groups in total. The van der Waals surface area contributed by atoms with Crippen LogP contribution in [0.2, 0.25) is 0 Å². The molecular formula is C60H104O6. The van der Waals surface area contributed by atoms with Gasteiger partial charge in [0.05, 0.1) is 0 Å². The van der Waals surface area contributed by atoms with Crippen molar-refractivity contribution in [1.82, 2.24) is 0 Å². The fraction of sp³-hybridized carbons (Fsp3) is 0.750. The second-order valence-corrected chi connectivity index (χ2v) is 18.5. The first-order chi connectivity index (χ1) is 32.5. The molecule has 1 unspecified atom stereocenters. The highest BCUT2D eigenvalue weighted by molar-refractivity contribution is 5.71. The maximum absolute atomic E-state index is 12.8. The number of unbranched alkanes of at least 4 members (excludes halogenated alkanes) is 27. The van der Waals surface area contributed by atoms with E-state index in [4.69, 9.17) is 14.2 Å². The number of carbonyl (C=O) groups is 3. The zero-order valence-corrected chi connectivity index (χ0v) is 43.4. The molecule has 6 nitrogen and oxygen atoms in total. The monoisotopic (exact) mass is 921 g/mol. The Balaban J connectivity index is 4.28. The zero-order chi connectivity index (χ0) is 47.9. The number of hydrogen-bond donors (Lipinski definition) is 0. The van der Waals surface area contributed by atoms with Gasteiger partial charge < -0.3 is 14.2 Å². The molecule has 380 valence electrons. The van der Waals surface area contributed by atoms with E-state index in [1.54, 1.807) is 0 Å². The van der Waals surface area contributed by atoms with E-state index in [9.17, 15) is 14.4 Å². The van der Waals surface area contributed by atoms with Gasteiger partial charge in [0.25, 0.3) is 0 Å². The van der Waals surface area contributed by atoms with Gasteiger partial charge in [-0.05, 0) is 83.5 Å².